The molecule has 1 amide bonds. The minimum absolute atomic E-state index is 0.0988. The number of rotatable bonds is 10. The number of nitriles is 1. The molecule has 0 spiro atoms. The number of nitrogens with one attached hydrogen (secondary N) is 1. The lowest BCUT2D eigenvalue weighted by Gasteiger charge is -2.16. The fourth-order valence-corrected chi connectivity index (χ4v) is 5.18. The largest absolute Gasteiger partial charge is 0.493 e. The summed E-state index contributed by atoms with van der Waals surface area (Å²) in [5.41, 5.74) is 6.49. The van der Waals surface area contributed by atoms with Gasteiger partial charge in [-0.25, -0.2) is 4.98 Å². The Kier molecular flexibility index (Phi) is 9.31. The number of thioether (sulfide) groups is 1. The molecule has 7 nitrogen and oxygen atoms in total. The number of benzene rings is 3. The van der Waals surface area contributed by atoms with Gasteiger partial charge in [0.05, 0.1) is 32.6 Å². The van der Waals surface area contributed by atoms with Crippen molar-refractivity contribution >= 4 is 23.4 Å². The maximum Gasteiger partial charge on any atom is 0.225 e. The van der Waals surface area contributed by atoms with Crippen molar-refractivity contribution in [3.05, 3.63) is 83.4 Å². The fourth-order valence-electron chi connectivity index (χ4n) is 4.24. The summed E-state index contributed by atoms with van der Waals surface area (Å²) in [6.07, 6.45) is 0.263. The van der Waals surface area contributed by atoms with Crippen molar-refractivity contribution in [2.75, 3.05) is 32.4 Å². The average molecular weight is 554 g/mol. The Labute approximate surface area is 239 Å². The van der Waals surface area contributed by atoms with Gasteiger partial charge in [-0.05, 0) is 60.9 Å². The number of anilines is 1. The summed E-state index contributed by atoms with van der Waals surface area (Å²) >= 11 is 1.38. The number of carbonyl (C=O) groups excluding carboxylic acids is 1. The van der Waals surface area contributed by atoms with Crippen molar-refractivity contribution in [2.24, 2.45) is 0 Å². The molecule has 0 fully saturated rings. The first-order chi connectivity index (χ1) is 19.4. The van der Waals surface area contributed by atoms with Crippen molar-refractivity contribution in [3.63, 3.8) is 0 Å². The Morgan fingerprint density at radius 2 is 1.60 bits per heavy atom. The van der Waals surface area contributed by atoms with Crippen LogP contribution in [0, 0.1) is 25.2 Å². The summed E-state index contributed by atoms with van der Waals surface area (Å²) in [4.78, 5) is 17.5. The minimum atomic E-state index is -0.0988. The third kappa shape index (κ3) is 6.38. The predicted octanol–water partition coefficient (Wildman–Crippen LogP) is 7.05. The van der Waals surface area contributed by atoms with Crippen LogP contribution in [0.4, 0.5) is 5.69 Å². The molecule has 204 valence electrons. The second-order valence-electron chi connectivity index (χ2n) is 9.07. The van der Waals surface area contributed by atoms with E-state index < -0.39 is 0 Å². The van der Waals surface area contributed by atoms with Crippen molar-refractivity contribution in [2.45, 2.75) is 25.3 Å². The number of aromatic nitrogens is 1. The molecule has 0 unspecified atom stereocenters. The van der Waals surface area contributed by atoms with E-state index in [4.69, 9.17) is 19.2 Å². The van der Waals surface area contributed by atoms with E-state index in [2.05, 4.69) is 11.4 Å². The molecule has 4 aromatic rings. The third-order valence-corrected chi connectivity index (χ3v) is 7.48. The zero-order valence-corrected chi connectivity index (χ0v) is 24.0. The summed E-state index contributed by atoms with van der Waals surface area (Å²) in [5, 5.41) is 13.8. The van der Waals surface area contributed by atoms with Gasteiger partial charge in [0, 0.05) is 29.0 Å². The van der Waals surface area contributed by atoms with Crippen LogP contribution in [0.2, 0.25) is 0 Å². The monoisotopic (exact) mass is 553 g/mol. The standard InChI is InChI=1S/C32H31N3O4S/c1-20-11-12-24(15-21(20)2)34-30(36)13-14-40-32-26(19-33)25(18-27(35-32)22-9-7-6-8-10-22)23-16-28(37-3)31(39-5)29(17-23)38-4/h6-12,15-18H,13-14H2,1-5H3,(H,34,36). The molecule has 0 radical (unpaired) electrons. The molecule has 40 heavy (non-hydrogen) atoms. The van der Waals surface area contributed by atoms with Gasteiger partial charge in [0.2, 0.25) is 11.7 Å². The van der Waals surface area contributed by atoms with Crippen LogP contribution in [0.15, 0.2) is 71.8 Å². The fraction of sp³-hybridized carbons (Fsp3) is 0.219. The van der Waals surface area contributed by atoms with Gasteiger partial charge >= 0.3 is 0 Å². The Balaban J connectivity index is 1.69. The SMILES string of the molecule is COc1cc(-c2cc(-c3ccccc3)nc(SCCC(=O)Nc3ccc(C)c(C)c3)c2C#N)cc(OC)c1OC. The number of hydrogen-bond acceptors (Lipinski definition) is 7. The quantitative estimate of drug-likeness (QED) is 0.210. The van der Waals surface area contributed by atoms with E-state index in [9.17, 15) is 10.1 Å². The maximum absolute atomic E-state index is 12.7. The van der Waals surface area contributed by atoms with Gasteiger partial charge in [-0.3, -0.25) is 4.79 Å². The van der Waals surface area contributed by atoms with Crippen LogP contribution in [0.1, 0.15) is 23.1 Å². The van der Waals surface area contributed by atoms with Crippen molar-refractivity contribution in [1.29, 1.82) is 5.26 Å². The molecule has 0 aliphatic carbocycles. The third-order valence-electron chi connectivity index (χ3n) is 6.50. The normalized spacial score (nSPS) is 10.5. The van der Waals surface area contributed by atoms with E-state index in [0.717, 1.165) is 22.4 Å². The number of amides is 1. The van der Waals surface area contributed by atoms with Gasteiger partial charge in [-0.15, -0.1) is 11.8 Å². The van der Waals surface area contributed by atoms with Gasteiger partial charge in [-0.2, -0.15) is 5.26 Å². The van der Waals surface area contributed by atoms with Gasteiger partial charge in [-0.1, -0.05) is 36.4 Å². The van der Waals surface area contributed by atoms with Crippen LogP contribution >= 0.6 is 11.8 Å². The van der Waals surface area contributed by atoms with E-state index in [0.29, 0.717) is 44.8 Å². The first-order valence-corrected chi connectivity index (χ1v) is 13.7. The zero-order valence-electron chi connectivity index (χ0n) is 23.2. The lowest BCUT2D eigenvalue weighted by molar-refractivity contribution is -0.115. The Hall–Kier alpha value is -4.48. The lowest BCUT2D eigenvalue weighted by atomic mass is 9.98. The maximum atomic E-state index is 12.7. The lowest BCUT2D eigenvalue weighted by Crippen LogP contribution is -2.12. The van der Waals surface area contributed by atoms with Crippen molar-refractivity contribution in [1.82, 2.24) is 4.98 Å². The molecule has 8 heteroatoms. The summed E-state index contributed by atoms with van der Waals surface area (Å²) < 4.78 is 16.6. The number of hydrogen-bond donors (Lipinski definition) is 1. The number of nitrogens with zero attached hydrogens (tertiary/aromatic N) is 2. The molecular weight excluding hydrogens is 522 g/mol. The van der Waals surface area contributed by atoms with E-state index >= 15 is 0 Å². The number of methoxy groups -OCH3 is 3. The van der Waals surface area contributed by atoms with Crippen LogP contribution in [0.5, 0.6) is 17.2 Å². The van der Waals surface area contributed by atoms with Gasteiger partial charge in [0.1, 0.15) is 11.1 Å². The highest BCUT2D eigenvalue weighted by molar-refractivity contribution is 7.99. The average Bonchev–Trinajstić information content (AvgIpc) is 2.98. The first-order valence-electron chi connectivity index (χ1n) is 12.7. The first kappa shape index (κ1) is 28.5. The van der Waals surface area contributed by atoms with Crippen molar-refractivity contribution < 1.29 is 19.0 Å². The molecule has 0 aliphatic heterocycles. The van der Waals surface area contributed by atoms with Crippen LogP contribution in [0.25, 0.3) is 22.4 Å². The Morgan fingerprint density at radius 1 is 0.900 bits per heavy atom. The molecule has 3 aromatic carbocycles. The molecule has 0 bridgehead atoms. The molecule has 4 rings (SSSR count). The molecule has 0 saturated heterocycles. The highest BCUT2D eigenvalue weighted by atomic mass is 32.2. The Morgan fingerprint density at radius 3 is 2.20 bits per heavy atom. The van der Waals surface area contributed by atoms with Gasteiger partial charge in [0.25, 0.3) is 0 Å². The second kappa shape index (κ2) is 13.0. The number of ether oxygens (including phenoxy) is 3. The zero-order chi connectivity index (χ0) is 28.6. The number of aryl methyl sites for hydroxylation is 2. The molecule has 1 N–H and O–H groups in total. The molecule has 0 saturated carbocycles. The predicted molar refractivity (Wildman–Crippen MR) is 159 cm³/mol. The van der Waals surface area contributed by atoms with Crippen LogP contribution in [0.3, 0.4) is 0 Å². The van der Waals surface area contributed by atoms with Crippen LogP contribution in [-0.4, -0.2) is 38.0 Å². The minimum Gasteiger partial charge on any atom is -0.493 e. The van der Waals surface area contributed by atoms with Crippen LogP contribution < -0.4 is 19.5 Å². The van der Waals surface area contributed by atoms with E-state index in [1.165, 1.54) is 17.3 Å². The summed E-state index contributed by atoms with van der Waals surface area (Å²) in [6.45, 7) is 4.05. The van der Waals surface area contributed by atoms with E-state index in [1.54, 1.807) is 21.3 Å². The molecule has 1 aromatic heterocycles. The molecule has 1 heterocycles. The topological polar surface area (TPSA) is 93.5 Å². The van der Waals surface area contributed by atoms with Crippen LogP contribution in [-0.2, 0) is 4.79 Å². The molecule has 0 aliphatic rings. The smallest absolute Gasteiger partial charge is 0.225 e. The Bertz CT molecular complexity index is 1540. The highest BCUT2D eigenvalue weighted by Gasteiger charge is 2.20. The van der Waals surface area contributed by atoms with Crippen molar-refractivity contribution in [3.8, 4) is 45.7 Å². The highest BCUT2D eigenvalue weighted by Crippen LogP contribution is 2.43. The second-order valence-corrected chi connectivity index (χ2v) is 10.2. The van der Waals surface area contributed by atoms with Gasteiger partial charge in [0.15, 0.2) is 11.5 Å². The summed E-state index contributed by atoms with van der Waals surface area (Å²) in [7, 11) is 4.66. The summed E-state index contributed by atoms with van der Waals surface area (Å²) in [6, 6.07) is 23.5. The number of pyridine rings is 1. The molecular formula is C32H31N3O4S. The number of carbonyl (C=O) groups is 1. The van der Waals surface area contributed by atoms with E-state index in [-0.39, 0.29) is 12.3 Å². The molecule has 0 atom stereocenters. The van der Waals surface area contributed by atoms with Gasteiger partial charge < -0.3 is 19.5 Å². The van der Waals surface area contributed by atoms with E-state index in [1.807, 2.05) is 80.6 Å². The summed E-state index contributed by atoms with van der Waals surface area (Å²) in [5.74, 6) is 1.78.